The second-order valence-electron chi connectivity index (χ2n) is 4.86. The smallest absolute Gasteiger partial charge is 0.251 e. The summed E-state index contributed by atoms with van der Waals surface area (Å²) in [6.45, 7) is 4.94. The zero-order chi connectivity index (χ0) is 15.2. The van der Waals surface area contributed by atoms with Crippen molar-refractivity contribution in [3.05, 3.63) is 65.0 Å². The van der Waals surface area contributed by atoms with Crippen molar-refractivity contribution in [3.63, 3.8) is 0 Å². The Bertz CT molecular complexity index is 640. The lowest BCUT2D eigenvalue weighted by Gasteiger charge is -2.10. The summed E-state index contributed by atoms with van der Waals surface area (Å²) in [5, 5.41) is 5.98. The summed E-state index contributed by atoms with van der Waals surface area (Å²) in [6, 6.07) is 12.0. The SMILES string of the molecule is CCNC(=O)c1cccc(NCc2cc(F)ccc2C)c1. The van der Waals surface area contributed by atoms with Crippen LogP contribution in [0.5, 0.6) is 0 Å². The first-order chi connectivity index (χ1) is 10.1. The molecule has 0 atom stereocenters. The zero-order valence-electron chi connectivity index (χ0n) is 12.2. The summed E-state index contributed by atoms with van der Waals surface area (Å²) in [5.74, 6) is -0.337. The summed E-state index contributed by atoms with van der Waals surface area (Å²) in [6.07, 6.45) is 0. The predicted molar refractivity (Wildman–Crippen MR) is 82.9 cm³/mol. The Morgan fingerprint density at radius 1 is 1.19 bits per heavy atom. The normalized spacial score (nSPS) is 10.2. The van der Waals surface area contributed by atoms with E-state index in [0.29, 0.717) is 18.7 Å². The monoisotopic (exact) mass is 286 g/mol. The molecule has 3 nitrogen and oxygen atoms in total. The number of rotatable bonds is 5. The highest BCUT2D eigenvalue weighted by Crippen LogP contribution is 2.15. The minimum Gasteiger partial charge on any atom is -0.381 e. The van der Waals surface area contributed by atoms with Crippen molar-refractivity contribution < 1.29 is 9.18 Å². The standard InChI is InChI=1S/C17H19FN2O/c1-3-19-17(21)13-5-4-6-16(10-13)20-11-14-9-15(18)8-7-12(14)2/h4-10,20H,3,11H2,1-2H3,(H,19,21). The van der Waals surface area contributed by atoms with Gasteiger partial charge in [-0.25, -0.2) is 4.39 Å². The summed E-state index contributed by atoms with van der Waals surface area (Å²) in [4.78, 5) is 11.8. The fourth-order valence-corrected chi connectivity index (χ4v) is 2.06. The van der Waals surface area contributed by atoms with Crippen LogP contribution in [0.25, 0.3) is 0 Å². The molecule has 0 unspecified atom stereocenters. The van der Waals surface area contributed by atoms with Crippen LogP contribution in [-0.2, 0) is 6.54 Å². The molecule has 2 rings (SSSR count). The maximum Gasteiger partial charge on any atom is 0.251 e. The molecule has 0 heterocycles. The molecule has 0 aromatic heterocycles. The van der Waals surface area contributed by atoms with E-state index in [4.69, 9.17) is 0 Å². The van der Waals surface area contributed by atoms with Gasteiger partial charge in [0.25, 0.3) is 5.91 Å². The van der Waals surface area contributed by atoms with Gasteiger partial charge < -0.3 is 10.6 Å². The summed E-state index contributed by atoms with van der Waals surface area (Å²) in [5.41, 5.74) is 3.38. The largest absolute Gasteiger partial charge is 0.381 e. The van der Waals surface area contributed by atoms with Crippen LogP contribution < -0.4 is 10.6 Å². The van der Waals surface area contributed by atoms with Crippen molar-refractivity contribution in [2.45, 2.75) is 20.4 Å². The minimum atomic E-state index is -0.242. The van der Waals surface area contributed by atoms with Gasteiger partial charge in [0.1, 0.15) is 5.82 Å². The van der Waals surface area contributed by atoms with Crippen molar-refractivity contribution >= 4 is 11.6 Å². The van der Waals surface area contributed by atoms with E-state index in [0.717, 1.165) is 16.8 Å². The van der Waals surface area contributed by atoms with E-state index in [9.17, 15) is 9.18 Å². The first-order valence-electron chi connectivity index (χ1n) is 6.97. The van der Waals surface area contributed by atoms with Crippen LogP contribution in [0.2, 0.25) is 0 Å². The second kappa shape index (κ2) is 6.88. The van der Waals surface area contributed by atoms with Crippen molar-refractivity contribution in [3.8, 4) is 0 Å². The highest BCUT2D eigenvalue weighted by Gasteiger charge is 2.05. The van der Waals surface area contributed by atoms with E-state index >= 15 is 0 Å². The summed E-state index contributed by atoms with van der Waals surface area (Å²) < 4.78 is 13.2. The number of hydrogen-bond donors (Lipinski definition) is 2. The zero-order valence-corrected chi connectivity index (χ0v) is 12.2. The fourth-order valence-electron chi connectivity index (χ4n) is 2.06. The lowest BCUT2D eigenvalue weighted by atomic mass is 10.1. The Morgan fingerprint density at radius 2 is 2.00 bits per heavy atom. The molecule has 0 saturated carbocycles. The third kappa shape index (κ3) is 4.05. The number of halogens is 1. The summed E-state index contributed by atoms with van der Waals surface area (Å²) in [7, 11) is 0. The van der Waals surface area contributed by atoms with Crippen molar-refractivity contribution in [2.75, 3.05) is 11.9 Å². The van der Waals surface area contributed by atoms with Crippen LogP contribution in [0, 0.1) is 12.7 Å². The van der Waals surface area contributed by atoms with Gasteiger partial charge >= 0.3 is 0 Å². The molecular formula is C17H19FN2O. The molecule has 110 valence electrons. The van der Waals surface area contributed by atoms with Crippen LogP contribution in [-0.4, -0.2) is 12.5 Å². The Morgan fingerprint density at radius 3 is 2.76 bits per heavy atom. The van der Waals surface area contributed by atoms with E-state index in [2.05, 4.69) is 10.6 Å². The van der Waals surface area contributed by atoms with E-state index in [-0.39, 0.29) is 11.7 Å². The molecule has 0 aliphatic heterocycles. The average Bonchev–Trinajstić information content (AvgIpc) is 2.49. The van der Waals surface area contributed by atoms with E-state index in [1.807, 2.05) is 26.0 Å². The number of amides is 1. The molecule has 21 heavy (non-hydrogen) atoms. The van der Waals surface area contributed by atoms with Gasteiger partial charge in [0.05, 0.1) is 0 Å². The number of carbonyl (C=O) groups is 1. The third-order valence-electron chi connectivity index (χ3n) is 3.26. The number of hydrogen-bond acceptors (Lipinski definition) is 2. The molecule has 2 aromatic carbocycles. The molecule has 4 heteroatoms. The molecular weight excluding hydrogens is 267 g/mol. The Labute approximate surface area is 124 Å². The van der Waals surface area contributed by atoms with Crippen LogP contribution >= 0.6 is 0 Å². The quantitative estimate of drug-likeness (QED) is 0.883. The maximum absolute atomic E-state index is 13.2. The molecule has 0 aliphatic rings. The fraction of sp³-hybridized carbons (Fsp3) is 0.235. The van der Waals surface area contributed by atoms with Crippen LogP contribution in [0.1, 0.15) is 28.4 Å². The van der Waals surface area contributed by atoms with Gasteiger partial charge in [-0.05, 0) is 55.3 Å². The number of anilines is 1. The highest BCUT2D eigenvalue weighted by atomic mass is 19.1. The number of benzene rings is 2. The number of carbonyl (C=O) groups excluding carboxylic acids is 1. The first-order valence-corrected chi connectivity index (χ1v) is 6.97. The Balaban J connectivity index is 2.08. The molecule has 0 bridgehead atoms. The molecule has 2 N–H and O–H groups in total. The lowest BCUT2D eigenvalue weighted by Crippen LogP contribution is -2.22. The number of nitrogens with one attached hydrogen (secondary N) is 2. The van der Waals surface area contributed by atoms with Gasteiger partial charge in [0.2, 0.25) is 0 Å². The molecule has 0 spiro atoms. The van der Waals surface area contributed by atoms with Gasteiger partial charge in [0.15, 0.2) is 0 Å². The topological polar surface area (TPSA) is 41.1 Å². The highest BCUT2D eigenvalue weighted by molar-refractivity contribution is 5.95. The van der Waals surface area contributed by atoms with Crippen LogP contribution in [0.4, 0.5) is 10.1 Å². The average molecular weight is 286 g/mol. The minimum absolute atomic E-state index is 0.0944. The van der Waals surface area contributed by atoms with Gasteiger partial charge in [-0.2, -0.15) is 0 Å². The second-order valence-corrected chi connectivity index (χ2v) is 4.86. The van der Waals surface area contributed by atoms with Gasteiger partial charge in [-0.15, -0.1) is 0 Å². The van der Waals surface area contributed by atoms with Crippen LogP contribution in [0.3, 0.4) is 0 Å². The lowest BCUT2D eigenvalue weighted by molar-refractivity contribution is 0.0956. The Kier molecular flexibility index (Phi) is 4.93. The number of aryl methyl sites for hydroxylation is 1. The third-order valence-corrected chi connectivity index (χ3v) is 3.26. The first kappa shape index (κ1) is 15.0. The van der Waals surface area contributed by atoms with E-state index in [1.165, 1.54) is 12.1 Å². The van der Waals surface area contributed by atoms with Crippen LogP contribution in [0.15, 0.2) is 42.5 Å². The van der Waals surface area contributed by atoms with E-state index in [1.54, 1.807) is 18.2 Å². The molecule has 0 radical (unpaired) electrons. The predicted octanol–water partition coefficient (Wildman–Crippen LogP) is 3.50. The van der Waals surface area contributed by atoms with Gasteiger partial charge in [0, 0.05) is 24.3 Å². The van der Waals surface area contributed by atoms with Gasteiger partial charge in [-0.1, -0.05) is 12.1 Å². The summed E-state index contributed by atoms with van der Waals surface area (Å²) >= 11 is 0. The molecule has 0 fully saturated rings. The van der Waals surface area contributed by atoms with Crippen molar-refractivity contribution in [2.24, 2.45) is 0 Å². The Hall–Kier alpha value is -2.36. The van der Waals surface area contributed by atoms with Crippen molar-refractivity contribution in [1.82, 2.24) is 5.32 Å². The molecule has 0 saturated heterocycles. The van der Waals surface area contributed by atoms with E-state index < -0.39 is 0 Å². The molecule has 1 amide bonds. The van der Waals surface area contributed by atoms with Crippen molar-refractivity contribution in [1.29, 1.82) is 0 Å². The molecule has 2 aromatic rings. The maximum atomic E-state index is 13.2. The van der Waals surface area contributed by atoms with Gasteiger partial charge in [-0.3, -0.25) is 4.79 Å². The molecule has 0 aliphatic carbocycles.